The van der Waals surface area contributed by atoms with Crippen molar-refractivity contribution >= 4 is 29.4 Å². The molecular formula is C33H44F2N2O5. The van der Waals surface area contributed by atoms with E-state index in [-0.39, 0.29) is 24.5 Å². The van der Waals surface area contributed by atoms with Gasteiger partial charge in [-0.15, -0.1) is 0 Å². The largest absolute Gasteiger partial charge is 0.463 e. The summed E-state index contributed by atoms with van der Waals surface area (Å²) in [6.07, 6.45) is 9.27. The lowest BCUT2D eigenvalue weighted by molar-refractivity contribution is -0.223. The van der Waals surface area contributed by atoms with Crippen LogP contribution < -0.4 is 16.2 Å². The molecule has 0 aromatic heterocycles. The van der Waals surface area contributed by atoms with E-state index in [0.717, 1.165) is 19.3 Å². The van der Waals surface area contributed by atoms with Crippen LogP contribution in [-0.4, -0.2) is 31.3 Å². The highest BCUT2D eigenvalue weighted by Crippen LogP contribution is 2.41. The second-order valence-electron chi connectivity index (χ2n) is 11.0. The number of halogens is 2. The van der Waals surface area contributed by atoms with Crippen molar-refractivity contribution in [1.29, 1.82) is 0 Å². The maximum atomic E-state index is 14.8. The van der Waals surface area contributed by atoms with Crippen LogP contribution in [0.25, 0.3) is 6.08 Å². The predicted octanol–water partition coefficient (Wildman–Crippen LogP) is 7.79. The van der Waals surface area contributed by atoms with Crippen LogP contribution in [0.2, 0.25) is 0 Å². The molecule has 0 heterocycles. The molecule has 1 aliphatic carbocycles. The first kappa shape index (κ1) is 32.9. The number of nitrogens with two attached hydrogens (primary N) is 2. The Labute approximate surface area is 247 Å². The van der Waals surface area contributed by atoms with E-state index in [1.54, 1.807) is 24.3 Å². The highest BCUT2D eigenvalue weighted by Gasteiger charge is 2.43. The fourth-order valence-corrected chi connectivity index (χ4v) is 5.17. The maximum Gasteiger partial charge on any atom is 0.400 e. The van der Waals surface area contributed by atoms with Crippen molar-refractivity contribution in [3.05, 3.63) is 59.7 Å². The number of carbonyl (C=O) groups excluding carboxylic acids is 2. The molecule has 2 aromatic carbocycles. The summed E-state index contributed by atoms with van der Waals surface area (Å²) in [5, 5.41) is 0. The molecular weight excluding hydrogens is 542 g/mol. The third-order valence-corrected chi connectivity index (χ3v) is 7.56. The van der Waals surface area contributed by atoms with Gasteiger partial charge in [0.15, 0.2) is 0 Å². The Balaban J connectivity index is 1.31. The number of hydrogen-bond acceptors (Lipinski definition) is 7. The Morgan fingerprint density at radius 2 is 1.52 bits per heavy atom. The van der Waals surface area contributed by atoms with Crippen LogP contribution in [0.15, 0.2) is 48.5 Å². The number of nitrogen functional groups attached to an aromatic ring is 2. The average molecular weight is 587 g/mol. The van der Waals surface area contributed by atoms with Gasteiger partial charge in [-0.05, 0) is 86.4 Å². The van der Waals surface area contributed by atoms with Gasteiger partial charge in [0.25, 0.3) is 0 Å². The van der Waals surface area contributed by atoms with Crippen molar-refractivity contribution in [3.63, 3.8) is 0 Å². The molecule has 0 aliphatic heterocycles. The van der Waals surface area contributed by atoms with Gasteiger partial charge in [0.05, 0.1) is 24.7 Å². The van der Waals surface area contributed by atoms with Crippen molar-refractivity contribution in [2.24, 2.45) is 11.8 Å². The monoisotopic (exact) mass is 586 g/mol. The zero-order chi connectivity index (χ0) is 30.4. The Kier molecular flexibility index (Phi) is 13.1. The molecule has 0 spiro atoms. The SMILES string of the molecule is CCCCCCC1CCC(C(F)(F)Oc2ccc(/C=C/C(=O)OCCCCOC(=O)c3cc(N)cc(N)c3)cc2)CC1. The van der Waals surface area contributed by atoms with Crippen LogP contribution in [0.4, 0.5) is 20.2 Å². The minimum absolute atomic E-state index is 0.0984. The molecule has 0 unspecified atom stereocenters. The molecule has 0 saturated heterocycles. The second-order valence-corrected chi connectivity index (χ2v) is 11.0. The van der Waals surface area contributed by atoms with Crippen molar-refractivity contribution in [2.75, 3.05) is 24.7 Å². The van der Waals surface area contributed by atoms with E-state index in [0.29, 0.717) is 48.5 Å². The number of carbonyl (C=O) groups is 2. The lowest BCUT2D eigenvalue weighted by Gasteiger charge is -2.33. The molecule has 1 aliphatic rings. The molecule has 1 saturated carbocycles. The molecule has 7 nitrogen and oxygen atoms in total. The maximum absolute atomic E-state index is 14.8. The zero-order valence-corrected chi connectivity index (χ0v) is 24.5. The number of ether oxygens (including phenoxy) is 3. The fraction of sp³-hybridized carbons (Fsp3) is 0.515. The molecule has 0 amide bonds. The standard InChI is InChI=1S/C33H44F2N2O5/c1-2-3-4-5-8-24-9-14-27(15-10-24)33(34,35)42-30-16-11-25(12-17-30)13-18-31(38)40-19-6-7-20-41-32(39)26-21-28(36)23-29(37)22-26/h11-13,16-18,21-24,27H,2-10,14-15,19-20,36-37H2,1H3/b18-13+. The van der Waals surface area contributed by atoms with E-state index in [2.05, 4.69) is 6.92 Å². The zero-order valence-electron chi connectivity index (χ0n) is 24.5. The summed E-state index contributed by atoms with van der Waals surface area (Å²) in [5.74, 6) is -1.17. The van der Waals surface area contributed by atoms with Gasteiger partial charge in [0, 0.05) is 17.5 Å². The van der Waals surface area contributed by atoms with Gasteiger partial charge in [-0.25, -0.2) is 9.59 Å². The summed E-state index contributed by atoms with van der Waals surface area (Å²) in [5.41, 5.74) is 13.1. The first-order valence-corrected chi connectivity index (χ1v) is 15.0. The van der Waals surface area contributed by atoms with Gasteiger partial charge in [0.2, 0.25) is 0 Å². The van der Waals surface area contributed by atoms with Crippen molar-refractivity contribution in [1.82, 2.24) is 0 Å². The number of anilines is 2. The van der Waals surface area contributed by atoms with E-state index in [1.807, 2.05) is 0 Å². The number of rotatable bonds is 16. The van der Waals surface area contributed by atoms with E-state index in [1.165, 1.54) is 56.0 Å². The number of hydrogen-bond donors (Lipinski definition) is 2. The lowest BCUT2D eigenvalue weighted by Crippen LogP contribution is -2.37. The van der Waals surface area contributed by atoms with Gasteiger partial charge in [-0.3, -0.25) is 0 Å². The van der Waals surface area contributed by atoms with E-state index >= 15 is 0 Å². The lowest BCUT2D eigenvalue weighted by atomic mass is 9.79. The Morgan fingerprint density at radius 1 is 0.881 bits per heavy atom. The molecule has 230 valence electrons. The molecule has 2 aromatic rings. The molecule has 9 heteroatoms. The van der Waals surface area contributed by atoms with E-state index < -0.39 is 24.0 Å². The van der Waals surface area contributed by atoms with Crippen LogP contribution >= 0.6 is 0 Å². The minimum Gasteiger partial charge on any atom is -0.463 e. The van der Waals surface area contributed by atoms with Gasteiger partial charge in [-0.2, -0.15) is 8.78 Å². The molecule has 4 N–H and O–H groups in total. The van der Waals surface area contributed by atoms with Crippen molar-refractivity contribution in [3.8, 4) is 5.75 Å². The van der Waals surface area contributed by atoms with Gasteiger partial charge < -0.3 is 25.7 Å². The Hall–Kier alpha value is -3.62. The Bertz CT molecular complexity index is 1140. The highest BCUT2D eigenvalue weighted by atomic mass is 19.3. The molecule has 1 fully saturated rings. The predicted molar refractivity (Wildman–Crippen MR) is 161 cm³/mol. The summed E-state index contributed by atoms with van der Waals surface area (Å²) in [4.78, 5) is 24.1. The van der Waals surface area contributed by atoms with Crippen LogP contribution in [-0.2, 0) is 14.3 Å². The third kappa shape index (κ3) is 11.3. The van der Waals surface area contributed by atoms with Crippen LogP contribution in [0, 0.1) is 11.8 Å². The van der Waals surface area contributed by atoms with Crippen LogP contribution in [0.3, 0.4) is 0 Å². The highest BCUT2D eigenvalue weighted by molar-refractivity contribution is 5.91. The van der Waals surface area contributed by atoms with Crippen molar-refractivity contribution in [2.45, 2.75) is 83.7 Å². The number of esters is 2. The quantitative estimate of drug-likeness (QED) is 0.0893. The van der Waals surface area contributed by atoms with Gasteiger partial charge in [0.1, 0.15) is 5.75 Å². The molecule has 0 bridgehead atoms. The first-order valence-electron chi connectivity index (χ1n) is 15.0. The molecule has 0 radical (unpaired) electrons. The molecule has 0 atom stereocenters. The summed E-state index contributed by atoms with van der Waals surface area (Å²) in [6, 6.07) is 10.7. The Morgan fingerprint density at radius 3 is 2.17 bits per heavy atom. The van der Waals surface area contributed by atoms with Gasteiger partial charge >= 0.3 is 18.0 Å². The number of alkyl halides is 2. The van der Waals surface area contributed by atoms with Crippen molar-refractivity contribution < 1.29 is 32.6 Å². The third-order valence-electron chi connectivity index (χ3n) is 7.56. The second kappa shape index (κ2) is 16.7. The minimum atomic E-state index is -3.21. The first-order chi connectivity index (χ1) is 20.2. The summed E-state index contributed by atoms with van der Waals surface area (Å²) in [7, 11) is 0. The fourth-order valence-electron chi connectivity index (χ4n) is 5.17. The number of benzene rings is 2. The normalized spacial score (nSPS) is 17.2. The molecule has 3 rings (SSSR count). The topological polar surface area (TPSA) is 114 Å². The van der Waals surface area contributed by atoms with Gasteiger partial charge in [-0.1, -0.05) is 51.2 Å². The van der Waals surface area contributed by atoms with Crippen LogP contribution in [0.1, 0.15) is 93.5 Å². The summed E-state index contributed by atoms with van der Waals surface area (Å²) >= 11 is 0. The van der Waals surface area contributed by atoms with E-state index in [9.17, 15) is 18.4 Å². The summed E-state index contributed by atoms with van der Waals surface area (Å²) in [6.45, 7) is 2.51. The summed E-state index contributed by atoms with van der Waals surface area (Å²) < 4.78 is 45.1. The smallest absolute Gasteiger partial charge is 0.400 e. The number of unbranched alkanes of at least 4 members (excludes halogenated alkanes) is 4. The molecule has 42 heavy (non-hydrogen) atoms. The van der Waals surface area contributed by atoms with E-state index in [4.69, 9.17) is 25.7 Å². The average Bonchev–Trinajstić information content (AvgIpc) is 2.96. The van der Waals surface area contributed by atoms with Crippen LogP contribution in [0.5, 0.6) is 5.75 Å².